The molecule has 0 aromatic carbocycles. The summed E-state index contributed by atoms with van der Waals surface area (Å²) in [5.74, 6) is -0.249. The fourth-order valence-electron chi connectivity index (χ4n) is 1.71. The van der Waals surface area contributed by atoms with Crippen LogP contribution < -0.4 is 4.73 Å². The van der Waals surface area contributed by atoms with Gasteiger partial charge in [0.05, 0.1) is 0 Å². The highest BCUT2D eigenvalue weighted by atomic mass is 32.2. The number of sulfone groups is 1. The van der Waals surface area contributed by atoms with Gasteiger partial charge in [-0.1, -0.05) is 5.16 Å². The monoisotopic (exact) mass is 323 g/mol. The fraction of sp³-hybridized carbons (Fsp3) is 0.0833. The van der Waals surface area contributed by atoms with Gasteiger partial charge in [-0.3, -0.25) is 0 Å². The van der Waals surface area contributed by atoms with Gasteiger partial charge in [0, 0.05) is 23.1 Å². The number of thiophene rings is 1. The van der Waals surface area contributed by atoms with Crippen molar-refractivity contribution in [2.45, 2.75) is 10.8 Å². The quantitative estimate of drug-likeness (QED) is 0.531. The van der Waals surface area contributed by atoms with E-state index in [1.165, 1.54) is 29.5 Å². The molecule has 7 nitrogen and oxygen atoms in total. The topological polar surface area (TPSA) is 100 Å². The molecule has 21 heavy (non-hydrogen) atoms. The van der Waals surface area contributed by atoms with Crippen LogP contribution in [0.1, 0.15) is 5.89 Å². The first-order chi connectivity index (χ1) is 10.1. The molecule has 0 saturated heterocycles. The summed E-state index contributed by atoms with van der Waals surface area (Å²) in [4.78, 5) is 4.03. The van der Waals surface area contributed by atoms with Crippen molar-refractivity contribution in [3.63, 3.8) is 0 Å². The lowest BCUT2D eigenvalue weighted by molar-refractivity contribution is -0.646. The highest BCUT2D eigenvalue weighted by Gasteiger charge is 2.26. The third-order valence-corrected chi connectivity index (χ3v) is 4.93. The van der Waals surface area contributed by atoms with Crippen LogP contribution in [0, 0.1) is 5.21 Å². The molecule has 0 amide bonds. The second-order valence-corrected chi connectivity index (χ2v) is 6.86. The number of aromatic nitrogens is 3. The van der Waals surface area contributed by atoms with Crippen molar-refractivity contribution in [3.05, 3.63) is 52.3 Å². The average Bonchev–Trinajstić information content (AvgIpc) is 3.09. The number of hydrogen-bond donors (Lipinski definition) is 0. The van der Waals surface area contributed by atoms with Gasteiger partial charge in [0.2, 0.25) is 21.6 Å². The van der Waals surface area contributed by atoms with Crippen molar-refractivity contribution in [3.8, 4) is 11.4 Å². The maximum absolute atomic E-state index is 12.2. The Balaban J connectivity index is 1.88. The van der Waals surface area contributed by atoms with Crippen LogP contribution in [0.4, 0.5) is 0 Å². The van der Waals surface area contributed by atoms with Gasteiger partial charge in [0.15, 0.2) is 6.20 Å². The van der Waals surface area contributed by atoms with Gasteiger partial charge in [-0.25, -0.2) is 8.42 Å². The smallest absolute Gasteiger partial charge is 0.309 e. The van der Waals surface area contributed by atoms with Gasteiger partial charge >= 0.3 is 5.03 Å². The van der Waals surface area contributed by atoms with Gasteiger partial charge in [0.1, 0.15) is 5.75 Å². The average molecular weight is 323 g/mol. The Morgan fingerprint density at radius 2 is 2.19 bits per heavy atom. The molecular weight excluding hydrogens is 314 g/mol. The summed E-state index contributed by atoms with van der Waals surface area (Å²) in [7, 11) is -3.84. The first-order valence-corrected chi connectivity index (χ1v) is 8.42. The van der Waals surface area contributed by atoms with Crippen molar-refractivity contribution in [1.29, 1.82) is 0 Å². The van der Waals surface area contributed by atoms with Gasteiger partial charge < -0.3 is 9.73 Å². The third-order valence-electron chi connectivity index (χ3n) is 2.67. The molecule has 0 unspecified atom stereocenters. The summed E-state index contributed by atoms with van der Waals surface area (Å²) in [6, 6.07) is 5.97. The van der Waals surface area contributed by atoms with E-state index in [1.54, 1.807) is 6.07 Å². The summed E-state index contributed by atoms with van der Waals surface area (Å²) >= 11 is 1.47. The van der Waals surface area contributed by atoms with Crippen LogP contribution in [0.3, 0.4) is 0 Å². The van der Waals surface area contributed by atoms with Crippen molar-refractivity contribution < 1.29 is 17.7 Å². The van der Waals surface area contributed by atoms with Crippen molar-refractivity contribution in [1.82, 2.24) is 10.1 Å². The zero-order chi connectivity index (χ0) is 14.9. The van der Waals surface area contributed by atoms with E-state index < -0.39 is 15.6 Å². The summed E-state index contributed by atoms with van der Waals surface area (Å²) in [5, 5.41) is 18.6. The van der Waals surface area contributed by atoms with E-state index in [1.807, 2.05) is 10.8 Å². The minimum atomic E-state index is -3.84. The van der Waals surface area contributed by atoms with E-state index in [4.69, 9.17) is 4.52 Å². The van der Waals surface area contributed by atoms with Crippen LogP contribution in [0.5, 0.6) is 0 Å². The number of rotatable bonds is 4. The largest absolute Gasteiger partial charge is 0.618 e. The van der Waals surface area contributed by atoms with E-state index >= 15 is 0 Å². The van der Waals surface area contributed by atoms with Crippen LogP contribution in [0.2, 0.25) is 0 Å². The highest BCUT2D eigenvalue weighted by Crippen LogP contribution is 2.20. The molecule has 3 aromatic heterocycles. The van der Waals surface area contributed by atoms with Crippen LogP contribution in [-0.2, 0) is 15.6 Å². The second kappa shape index (κ2) is 5.26. The molecule has 0 aliphatic rings. The Bertz CT molecular complexity index is 856. The Kier molecular flexibility index (Phi) is 3.43. The van der Waals surface area contributed by atoms with E-state index in [0.29, 0.717) is 10.6 Å². The molecule has 0 N–H and O–H groups in total. The molecule has 108 valence electrons. The molecule has 3 rings (SSSR count). The molecule has 3 heterocycles. The maximum Gasteiger partial charge on any atom is 0.309 e. The molecule has 0 aliphatic heterocycles. The van der Waals surface area contributed by atoms with Crippen LogP contribution in [0.15, 0.2) is 50.8 Å². The molecular formula is C12H9N3O4S2. The minimum absolute atomic E-state index is 0.0555. The van der Waals surface area contributed by atoms with Crippen LogP contribution in [0.25, 0.3) is 11.4 Å². The van der Waals surface area contributed by atoms with Gasteiger partial charge in [-0.15, -0.1) is 0 Å². The minimum Gasteiger partial charge on any atom is -0.618 e. The van der Waals surface area contributed by atoms with Crippen molar-refractivity contribution >= 4 is 21.2 Å². The molecule has 0 radical (unpaired) electrons. The molecule has 0 saturated carbocycles. The number of pyridine rings is 1. The Hall–Kier alpha value is -2.26. The van der Waals surface area contributed by atoms with E-state index in [9.17, 15) is 13.6 Å². The fourth-order valence-corrected chi connectivity index (χ4v) is 3.56. The molecule has 3 aromatic rings. The summed E-state index contributed by atoms with van der Waals surface area (Å²) in [6.07, 6.45) is 1.12. The normalized spacial score (nSPS) is 11.6. The standard InChI is InChI=1S/C12H9N3O4S2/c16-15-5-2-1-3-11(15)21(17,18)8-10-13-12(14-19-10)9-4-6-20-7-9/h1-7H,8H2. The Morgan fingerprint density at radius 1 is 1.33 bits per heavy atom. The Labute approximate surface area is 124 Å². The number of nitrogens with zero attached hydrogens (tertiary/aromatic N) is 3. The van der Waals surface area contributed by atoms with Crippen LogP contribution in [-0.4, -0.2) is 18.6 Å². The van der Waals surface area contributed by atoms with Gasteiger partial charge in [-0.2, -0.15) is 21.1 Å². The lowest BCUT2D eigenvalue weighted by atomic mass is 10.3. The van der Waals surface area contributed by atoms with Crippen molar-refractivity contribution in [2.24, 2.45) is 0 Å². The zero-order valence-corrected chi connectivity index (χ0v) is 12.2. The SMILES string of the molecule is O=S(=O)(Cc1nc(-c2ccsc2)no1)c1cccc[n+]1[O-]. The lowest BCUT2D eigenvalue weighted by Crippen LogP contribution is -2.33. The Morgan fingerprint density at radius 3 is 2.90 bits per heavy atom. The molecule has 0 bridgehead atoms. The highest BCUT2D eigenvalue weighted by molar-refractivity contribution is 7.90. The van der Waals surface area contributed by atoms with Crippen LogP contribution >= 0.6 is 11.3 Å². The summed E-state index contributed by atoms with van der Waals surface area (Å²) in [6.45, 7) is 0. The van der Waals surface area contributed by atoms with E-state index in [0.717, 1.165) is 11.8 Å². The van der Waals surface area contributed by atoms with Crippen molar-refractivity contribution in [2.75, 3.05) is 0 Å². The maximum atomic E-state index is 12.2. The van der Waals surface area contributed by atoms with Gasteiger partial charge in [0.25, 0.3) is 0 Å². The van der Waals surface area contributed by atoms with E-state index in [-0.39, 0.29) is 10.9 Å². The molecule has 9 heteroatoms. The first kappa shape index (κ1) is 13.7. The zero-order valence-electron chi connectivity index (χ0n) is 10.5. The molecule has 0 atom stereocenters. The number of hydrogen-bond acceptors (Lipinski definition) is 7. The van der Waals surface area contributed by atoms with E-state index in [2.05, 4.69) is 10.1 Å². The predicted molar refractivity (Wildman–Crippen MR) is 73.9 cm³/mol. The molecule has 0 aliphatic carbocycles. The predicted octanol–water partition coefficient (Wildman–Crippen LogP) is 1.41. The lowest BCUT2D eigenvalue weighted by Gasteiger charge is -2.02. The van der Waals surface area contributed by atoms with Gasteiger partial charge in [-0.05, 0) is 17.5 Å². The molecule has 0 spiro atoms. The summed E-state index contributed by atoms with van der Waals surface area (Å²) < 4.78 is 29.6. The third kappa shape index (κ3) is 2.78. The first-order valence-electron chi connectivity index (χ1n) is 5.82. The second-order valence-electron chi connectivity index (χ2n) is 4.15. The summed E-state index contributed by atoms with van der Waals surface area (Å²) in [5.41, 5.74) is 0.756. The molecule has 0 fully saturated rings.